The molecule has 7 nitrogen and oxygen atoms in total. The molecule has 0 saturated carbocycles. The maximum Gasteiger partial charge on any atom is 0.312 e. The van der Waals surface area contributed by atoms with E-state index in [2.05, 4.69) is 4.98 Å². The molecule has 27 heavy (non-hydrogen) atoms. The van der Waals surface area contributed by atoms with Crippen LogP contribution in [0, 0.1) is 11.2 Å². The van der Waals surface area contributed by atoms with Crippen molar-refractivity contribution >= 4 is 16.0 Å². The summed E-state index contributed by atoms with van der Waals surface area (Å²) >= 11 is 0. The molecule has 2 aliphatic heterocycles. The molecule has 1 aromatic carbocycles. The quantitative estimate of drug-likeness (QED) is 0.740. The van der Waals surface area contributed by atoms with Gasteiger partial charge in [-0.1, -0.05) is 0 Å². The van der Waals surface area contributed by atoms with Crippen LogP contribution >= 0.6 is 0 Å². The zero-order chi connectivity index (χ0) is 19.1. The van der Waals surface area contributed by atoms with Crippen molar-refractivity contribution in [2.75, 3.05) is 13.1 Å². The molecule has 0 amide bonds. The minimum Gasteiger partial charge on any atom is -0.460 e. The third kappa shape index (κ3) is 3.37. The lowest BCUT2D eigenvalue weighted by molar-refractivity contribution is -0.150. The summed E-state index contributed by atoms with van der Waals surface area (Å²) in [6.45, 7) is 1.03. The Hall–Kier alpha value is -2.26. The number of halogens is 1. The first-order valence-corrected chi connectivity index (χ1v) is 10.3. The van der Waals surface area contributed by atoms with Crippen LogP contribution in [0.4, 0.5) is 4.39 Å². The molecule has 1 unspecified atom stereocenters. The Morgan fingerprint density at radius 2 is 1.93 bits per heavy atom. The molecule has 0 radical (unpaired) electrons. The zero-order valence-electron chi connectivity index (χ0n) is 14.6. The first-order chi connectivity index (χ1) is 12.9. The number of rotatable bonds is 4. The van der Waals surface area contributed by atoms with Crippen LogP contribution in [-0.4, -0.2) is 47.4 Å². The topological polar surface area (TPSA) is 81.5 Å². The van der Waals surface area contributed by atoms with Crippen LogP contribution < -0.4 is 0 Å². The van der Waals surface area contributed by atoms with E-state index in [-0.39, 0.29) is 30.1 Å². The number of nitrogens with zero attached hydrogens (tertiary/aromatic N) is 3. The third-order valence-electron chi connectivity index (χ3n) is 5.43. The molecule has 1 spiro atoms. The second-order valence-electron chi connectivity index (χ2n) is 7.13. The Bertz CT molecular complexity index is 920. The monoisotopic (exact) mass is 393 g/mol. The molecule has 1 atom stereocenters. The van der Waals surface area contributed by atoms with E-state index >= 15 is 0 Å². The molecule has 4 rings (SSSR count). The number of esters is 1. The lowest BCUT2D eigenvalue weighted by Gasteiger charge is -2.35. The van der Waals surface area contributed by atoms with Crippen LogP contribution in [-0.2, 0) is 26.1 Å². The van der Waals surface area contributed by atoms with Gasteiger partial charge in [0.2, 0.25) is 10.0 Å². The summed E-state index contributed by atoms with van der Waals surface area (Å²) in [4.78, 5) is 16.5. The number of cyclic esters (lactones) is 1. The summed E-state index contributed by atoms with van der Waals surface area (Å²) < 4.78 is 47.3. The summed E-state index contributed by atoms with van der Waals surface area (Å²) in [6, 6.07) is 4.79. The fraction of sp³-hybridized carbons (Fsp3) is 0.444. The van der Waals surface area contributed by atoms with Gasteiger partial charge in [0, 0.05) is 31.9 Å². The van der Waals surface area contributed by atoms with Gasteiger partial charge in [0.15, 0.2) is 0 Å². The number of ether oxygens (including phenoxy) is 1. The number of aromatic nitrogens is 2. The van der Waals surface area contributed by atoms with Crippen molar-refractivity contribution in [3.8, 4) is 0 Å². The van der Waals surface area contributed by atoms with Crippen molar-refractivity contribution in [1.82, 2.24) is 13.9 Å². The molecule has 1 aromatic heterocycles. The van der Waals surface area contributed by atoms with Crippen LogP contribution in [0.5, 0.6) is 0 Å². The van der Waals surface area contributed by atoms with Gasteiger partial charge in [-0.25, -0.2) is 17.8 Å². The number of benzene rings is 1. The van der Waals surface area contributed by atoms with E-state index in [1.165, 1.54) is 16.4 Å². The van der Waals surface area contributed by atoms with Crippen molar-refractivity contribution in [3.63, 3.8) is 0 Å². The smallest absolute Gasteiger partial charge is 0.312 e. The summed E-state index contributed by atoms with van der Waals surface area (Å²) in [7, 11) is -3.69. The van der Waals surface area contributed by atoms with Crippen molar-refractivity contribution in [2.24, 2.45) is 5.41 Å². The molecule has 2 aliphatic rings. The standard InChI is InChI=1S/C18H20FN3O4S/c19-14-1-3-16(4-2-14)27(24,25)22-8-5-18(6-9-22)11-15(26-17(18)23)12-21-10-7-20-13-21/h1-4,7,10,13,15H,5-6,8-9,11-12H2. The van der Waals surface area contributed by atoms with Gasteiger partial charge in [0.05, 0.1) is 23.2 Å². The van der Waals surface area contributed by atoms with E-state index in [9.17, 15) is 17.6 Å². The maximum absolute atomic E-state index is 13.1. The Morgan fingerprint density at radius 1 is 1.22 bits per heavy atom. The fourth-order valence-electron chi connectivity index (χ4n) is 3.89. The summed E-state index contributed by atoms with van der Waals surface area (Å²) in [5.41, 5.74) is -0.625. The lowest BCUT2D eigenvalue weighted by Crippen LogP contribution is -2.45. The van der Waals surface area contributed by atoms with Crippen LogP contribution in [0.25, 0.3) is 0 Å². The molecule has 0 bridgehead atoms. The van der Waals surface area contributed by atoms with Crippen molar-refractivity contribution < 1.29 is 22.3 Å². The second-order valence-corrected chi connectivity index (χ2v) is 9.07. The van der Waals surface area contributed by atoms with E-state index in [0.717, 1.165) is 12.1 Å². The highest BCUT2D eigenvalue weighted by Gasteiger charge is 2.51. The maximum atomic E-state index is 13.1. The highest BCUT2D eigenvalue weighted by Crippen LogP contribution is 2.44. The first-order valence-electron chi connectivity index (χ1n) is 8.82. The predicted octanol–water partition coefficient (Wildman–Crippen LogP) is 1.81. The SMILES string of the molecule is O=C1OC(Cn2ccnc2)CC12CCN(S(=O)(=O)c1ccc(F)cc1)CC2. The van der Waals surface area contributed by atoms with Crippen LogP contribution in [0.15, 0.2) is 47.9 Å². The molecule has 2 fully saturated rings. The first kappa shape index (κ1) is 18.1. The van der Waals surface area contributed by atoms with Gasteiger partial charge in [0.25, 0.3) is 0 Å². The van der Waals surface area contributed by atoms with E-state index in [0.29, 0.717) is 25.8 Å². The number of carbonyl (C=O) groups excluding carboxylic acids is 1. The lowest BCUT2D eigenvalue weighted by atomic mass is 9.76. The van der Waals surface area contributed by atoms with Crippen LogP contribution in [0.1, 0.15) is 19.3 Å². The minimum absolute atomic E-state index is 0.0619. The molecule has 0 aliphatic carbocycles. The molecule has 9 heteroatoms. The van der Waals surface area contributed by atoms with Gasteiger partial charge in [-0.05, 0) is 37.1 Å². The van der Waals surface area contributed by atoms with Crippen molar-refractivity contribution in [1.29, 1.82) is 0 Å². The summed E-state index contributed by atoms with van der Waals surface area (Å²) in [5.74, 6) is -0.726. The molecule has 2 saturated heterocycles. The zero-order valence-corrected chi connectivity index (χ0v) is 15.4. The number of sulfonamides is 1. The Morgan fingerprint density at radius 3 is 2.56 bits per heavy atom. The fourth-order valence-corrected chi connectivity index (χ4v) is 5.33. The number of piperidine rings is 1. The average molecular weight is 393 g/mol. The number of carbonyl (C=O) groups is 1. The molecular weight excluding hydrogens is 373 g/mol. The van der Waals surface area contributed by atoms with E-state index in [1.54, 1.807) is 12.5 Å². The van der Waals surface area contributed by atoms with Crippen LogP contribution in [0.2, 0.25) is 0 Å². The van der Waals surface area contributed by atoms with Gasteiger partial charge in [-0.15, -0.1) is 0 Å². The Labute approximate surface area is 156 Å². The molecule has 3 heterocycles. The van der Waals surface area contributed by atoms with Gasteiger partial charge in [-0.2, -0.15) is 4.31 Å². The Balaban J connectivity index is 1.43. The molecule has 2 aromatic rings. The second kappa shape index (κ2) is 6.72. The van der Waals surface area contributed by atoms with Gasteiger partial charge >= 0.3 is 5.97 Å². The molecule has 144 valence electrons. The number of imidazole rings is 1. The van der Waals surface area contributed by atoms with E-state index in [1.807, 2.05) is 10.8 Å². The third-order valence-corrected chi connectivity index (χ3v) is 7.34. The minimum atomic E-state index is -3.69. The predicted molar refractivity (Wildman–Crippen MR) is 93.5 cm³/mol. The normalized spacial score (nSPS) is 22.9. The molecule has 0 N–H and O–H groups in total. The van der Waals surface area contributed by atoms with Crippen molar-refractivity contribution in [3.05, 3.63) is 48.8 Å². The van der Waals surface area contributed by atoms with E-state index < -0.39 is 21.3 Å². The summed E-state index contributed by atoms with van der Waals surface area (Å²) in [5, 5.41) is 0. The van der Waals surface area contributed by atoms with Gasteiger partial charge in [0.1, 0.15) is 11.9 Å². The van der Waals surface area contributed by atoms with Gasteiger partial charge in [-0.3, -0.25) is 4.79 Å². The van der Waals surface area contributed by atoms with E-state index in [4.69, 9.17) is 4.74 Å². The average Bonchev–Trinajstić information content (AvgIpc) is 3.25. The Kier molecular flexibility index (Phi) is 4.51. The van der Waals surface area contributed by atoms with Crippen molar-refractivity contribution in [2.45, 2.75) is 36.8 Å². The largest absolute Gasteiger partial charge is 0.460 e. The van der Waals surface area contributed by atoms with Gasteiger partial charge < -0.3 is 9.30 Å². The highest BCUT2D eigenvalue weighted by atomic mass is 32.2. The highest BCUT2D eigenvalue weighted by molar-refractivity contribution is 7.89. The number of hydrogen-bond acceptors (Lipinski definition) is 5. The number of hydrogen-bond donors (Lipinski definition) is 0. The van der Waals surface area contributed by atoms with Crippen LogP contribution in [0.3, 0.4) is 0 Å². The molecular formula is C18H20FN3O4S. The summed E-state index contributed by atoms with van der Waals surface area (Å²) in [6.07, 6.45) is 6.36.